The van der Waals surface area contributed by atoms with Crippen molar-refractivity contribution < 1.29 is 9.47 Å². The molecule has 3 heteroatoms. The lowest BCUT2D eigenvalue weighted by atomic mass is 9.85. The molecule has 0 bridgehead atoms. The lowest BCUT2D eigenvalue weighted by Gasteiger charge is -2.45. The van der Waals surface area contributed by atoms with Crippen LogP contribution in [-0.4, -0.2) is 5.72 Å². The largest absolute Gasteiger partial charge is 0.472 e. The van der Waals surface area contributed by atoms with E-state index in [2.05, 4.69) is 68.6 Å². The predicted octanol–water partition coefficient (Wildman–Crippen LogP) is 4.96. The van der Waals surface area contributed by atoms with E-state index in [0.29, 0.717) is 0 Å². The summed E-state index contributed by atoms with van der Waals surface area (Å²) in [4.78, 5) is 0. The molecular weight excluding hydrogens is 298 g/mol. The molecule has 0 aromatic heterocycles. The zero-order chi connectivity index (χ0) is 16.6. The molecular formula is C21H23NO2. The monoisotopic (exact) mass is 321 g/mol. The molecule has 1 aliphatic carbocycles. The van der Waals surface area contributed by atoms with Gasteiger partial charge in [-0.25, -0.2) is 0 Å². The van der Waals surface area contributed by atoms with Crippen molar-refractivity contribution in [3.8, 4) is 11.5 Å². The molecule has 124 valence electrons. The molecule has 0 spiro atoms. The van der Waals surface area contributed by atoms with Gasteiger partial charge in [-0.05, 0) is 42.0 Å². The standard InChI is InChI=1S/C21H23NO2/c1-19(2,3)14-9-10-17-18(13-14)24-21-12-6-11-20(21,23-17)15-7-4-5-8-16(15)22-21/h4-5,7-10,13,22H,6,11-12H2,1-3H3/t20-,21-/m0/s1. The zero-order valence-electron chi connectivity index (χ0n) is 14.5. The molecule has 1 N–H and O–H groups in total. The minimum atomic E-state index is -0.472. The van der Waals surface area contributed by atoms with Gasteiger partial charge < -0.3 is 14.8 Å². The van der Waals surface area contributed by atoms with Crippen LogP contribution in [0.4, 0.5) is 5.69 Å². The molecule has 2 atom stereocenters. The summed E-state index contributed by atoms with van der Waals surface area (Å²) >= 11 is 0. The van der Waals surface area contributed by atoms with Gasteiger partial charge in [-0.15, -0.1) is 0 Å². The third-order valence-corrected chi connectivity index (χ3v) is 5.79. The Labute approximate surface area is 143 Å². The normalized spacial score (nSPS) is 29.5. The van der Waals surface area contributed by atoms with Crippen LogP contribution in [-0.2, 0) is 11.0 Å². The van der Waals surface area contributed by atoms with Crippen LogP contribution < -0.4 is 14.8 Å². The van der Waals surface area contributed by atoms with Crippen molar-refractivity contribution in [2.45, 2.75) is 56.8 Å². The van der Waals surface area contributed by atoms with Crippen molar-refractivity contribution in [1.82, 2.24) is 0 Å². The van der Waals surface area contributed by atoms with Crippen LogP contribution in [0.5, 0.6) is 11.5 Å². The number of ether oxygens (including phenoxy) is 2. The number of anilines is 1. The molecule has 2 heterocycles. The van der Waals surface area contributed by atoms with E-state index in [9.17, 15) is 0 Å². The molecule has 0 saturated heterocycles. The Morgan fingerprint density at radius 1 is 0.958 bits per heavy atom. The fourth-order valence-corrected chi connectivity index (χ4v) is 4.53. The summed E-state index contributed by atoms with van der Waals surface area (Å²) in [5, 5.41) is 3.65. The Hall–Kier alpha value is -2.16. The van der Waals surface area contributed by atoms with Crippen molar-refractivity contribution in [2.75, 3.05) is 5.32 Å². The highest BCUT2D eigenvalue weighted by Gasteiger charge is 2.67. The highest BCUT2D eigenvalue weighted by molar-refractivity contribution is 5.66. The van der Waals surface area contributed by atoms with Crippen LogP contribution >= 0.6 is 0 Å². The highest BCUT2D eigenvalue weighted by atomic mass is 16.6. The van der Waals surface area contributed by atoms with Gasteiger partial charge in [0.25, 0.3) is 0 Å². The molecule has 0 amide bonds. The summed E-state index contributed by atoms with van der Waals surface area (Å²) in [6.45, 7) is 6.67. The first-order valence-electron chi connectivity index (χ1n) is 8.84. The van der Waals surface area contributed by atoms with Crippen molar-refractivity contribution >= 4 is 5.69 Å². The summed E-state index contributed by atoms with van der Waals surface area (Å²) < 4.78 is 13.3. The Kier molecular flexibility index (Phi) is 2.53. The second-order valence-electron chi connectivity index (χ2n) is 8.29. The molecule has 0 unspecified atom stereocenters. The van der Waals surface area contributed by atoms with Crippen molar-refractivity contribution in [3.63, 3.8) is 0 Å². The van der Waals surface area contributed by atoms with Crippen LogP contribution in [0.1, 0.15) is 51.2 Å². The van der Waals surface area contributed by atoms with Gasteiger partial charge >= 0.3 is 0 Å². The minimum Gasteiger partial charge on any atom is -0.472 e. The maximum atomic E-state index is 6.66. The summed E-state index contributed by atoms with van der Waals surface area (Å²) in [6, 6.07) is 14.8. The number of hydrogen-bond acceptors (Lipinski definition) is 3. The fraction of sp³-hybridized carbons (Fsp3) is 0.429. The average molecular weight is 321 g/mol. The lowest BCUT2D eigenvalue weighted by molar-refractivity contribution is -0.101. The summed E-state index contributed by atoms with van der Waals surface area (Å²) in [5.74, 6) is 1.72. The smallest absolute Gasteiger partial charge is 0.225 e. The predicted molar refractivity (Wildman–Crippen MR) is 94.7 cm³/mol. The topological polar surface area (TPSA) is 30.5 Å². The van der Waals surface area contributed by atoms with Gasteiger partial charge in [0.1, 0.15) is 0 Å². The van der Waals surface area contributed by atoms with E-state index in [0.717, 1.165) is 36.4 Å². The minimum absolute atomic E-state index is 0.0896. The third-order valence-electron chi connectivity index (χ3n) is 5.79. The van der Waals surface area contributed by atoms with Crippen LogP contribution in [0.15, 0.2) is 42.5 Å². The van der Waals surface area contributed by atoms with E-state index in [1.807, 2.05) is 0 Å². The Morgan fingerprint density at radius 3 is 2.62 bits per heavy atom. The molecule has 2 aromatic carbocycles. The maximum Gasteiger partial charge on any atom is 0.225 e. The molecule has 1 fully saturated rings. The van der Waals surface area contributed by atoms with E-state index in [-0.39, 0.29) is 5.41 Å². The molecule has 2 aromatic rings. The molecule has 0 radical (unpaired) electrons. The number of fused-ring (bicyclic) bond motifs is 2. The second-order valence-corrected chi connectivity index (χ2v) is 8.29. The lowest BCUT2D eigenvalue weighted by Crippen LogP contribution is -2.58. The van der Waals surface area contributed by atoms with Gasteiger partial charge in [-0.2, -0.15) is 0 Å². The number of hydrogen-bond donors (Lipinski definition) is 1. The van der Waals surface area contributed by atoms with Crippen LogP contribution in [0, 0.1) is 0 Å². The maximum absolute atomic E-state index is 6.66. The van der Waals surface area contributed by atoms with Crippen molar-refractivity contribution in [3.05, 3.63) is 53.6 Å². The van der Waals surface area contributed by atoms with Gasteiger partial charge in [0.15, 0.2) is 17.1 Å². The molecule has 1 saturated carbocycles. The van der Waals surface area contributed by atoms with Crippen molar-refractivity contribution in [2.24, 2.45) is 0 Å². The number of rotatable bonds is 0. The first-order valence-corrected chi connectivity index (χ1v) is 8.84. The Balaban J connectivity index is 1.67. The van der Waals surface area contributed by atoms with E-state index in [4.69, 9.17) is 9.47 Å². The van der Waals surface area contributed by atoms with Crippen LogP contribution in [0.2, 0.25) is 0 Å². The van der Waals surface area contributed by atoms with E-state index < -0.39 is 11.3 Å². The molecule has 5 rings (SSSR count). The summed E-state index contributed by atoms with van der Waals surface area (Å²) in [7, 11) is 0. The molecule has 24 heavy (non-hydrogen) atoms. The Morgan fingerprint density at radius 2 is 1.79 bits per heavy atom. The average Bonchev–Trinajstić information content (AvgIpc) is 3.02. The van der Waals surface area contributed by atoms with Crippen LogP contribution in [0.3, 0.4) is 0 Å². The van der Waals surface area contributed by atoms with Gasteiger partial charge in [0.05, 0.1) is 0 Å². The quantitative estimate of drug-likeness (QED) is 0.744. The third kappa shape index (κ3) is 1.62. The summed E-state index contributed by atoms with van der Waals surface area (Å²) in [5.41, 5.74) is 2.85. The zero-order valence-corrected chi connectivity index (χ0v) is 14.5. The molecule has 2 aliphatic heterocycles. The van der Waals surface area contributed by atoms with Crippen molar-refractivity contribution in [1.29, 1.82) is 0 Å². The summed E-state index contributed by atoms with van der Waals surface area (Å²) in [6.07, 6.45) is 3.04. The molecule has 3 aliphatic rings. The van der Waals surface area contributed by atoms with E-state index in [1.54, 1.807) is 0 Å². The molecule has 3 nitrogen and oxygen atoms in total. The van der Waals surface area contributed by atoms with Gasteiger partial charge in [-0.1, -0.05) is 45.0 Å². The van der Waals surface area contributed by atoms with Gasteiger partial charge in [0.2, 0.25) is 5.72 Å². The number of para-hydroxylation sites is 1. The van der Waals surface area contributed by atoms with Gasteiger partial charge in [0, 0.05) is 17.7 Å². The number of benzene rings is 2. The SMILES string of the molecule is CC(C)(C)c1ccc2c(c1)O[C@@]13CCC[C@]1(O2)c1ccccc1N3. The van der Waals surface area contributed by atoms with E-state index >= 15 is 0 Å². The first kappa shape index (κ1) is 14.2. The van der Waals surface area contributed by atoms with Gasteiger partial charge in [-0.3, -0.25) is 0 Å². The Bertz CT molecular complexity index is 838. The fourth-order valence-electron chi connectivity index (χ4n) is 4.53. The second kappa shape index (κ2) is 4.27. The van der Waals surface area contributed by atoms with Crippen LogP contribution in [0.25, 0.3) is 0 Å². The number of nitrogens with one attached hydrogen (secondary N) is 1. The highest BCUT2D eigenvalue weighted by Crippen LogP contribution is 2.61. The van der Waals surface area contributed by atoms with E-state index in [1.165, 1.54) is 11.1 Å². The first-order chi connectivity index (χ1) is 11.4.